The van der Waals surface area contributed by atoms with E-state index < -0.39 is 47.1 Å². The Labute approximate surface area is 233 Å². The normalized spacial score (nSPS) is 18.6. The summed E-state index contributed by atoms with van der Waals surface area (Å²) in [4.78, 5) is 63.3. The molecule has 1 saturated heterocycles. The van der Waals surface area contributed by atoms with Crippen molar-refractivity contribution in [2.24, 2.45) is 0 Å². The number of hydrogen-bond donors (Lipinski definition) is 3. The van der Waals surface area contributed by atoms with Crippen LogP contribution in [0.25, 0.3) is 0 Å². The lowest BCUT2D eigenvalue weighted by Gasteiger charge is -2.49. The van der Waals surface area contributed by atoms with Gasteiger partial charge in [-0.2, -0.15) is 0 Å². The number of amides is 3. The van der Waals surface area contributed by atoms with Crippen LogP contribution < -0.4 is 20.1 Å². The van der Waals surface area contributed by atoms with Crippen LogP contribution >= 0.6 is 11.8 Å². The van der Waals surface area contributed by atoms with E-state index in [0.717, 1.165) is 4.90 Å². The molecular weight excluding hydrogens is 542 g/mol. The predicted molar refractivity (Wildman–Crippen MR) is 142 cm³/mol. The molecule has 13 heteroatoms. The number of hydrogen-bond acceptors (Lipinski definition) is 9. The van der Waals surface area contributed by atoms with Crippen LogP contribution in [0.1, 0.15) is 18.5 Å². The van der Waals surface area contributed by atoms with Crippen LogP contribution in [0.15, 0.2) is 65.9 Å². The number of benzene rings is 2. The lowest BCUT2D eigenvalue weighted by molar-refractivity contribution is -0.151. The number of ether oxygens (including phenoxy) is 3. The van der Waals surface area contributed by atoms with Crippen LogP contribution in [0.5, 0.6) is 11.5 Å². The Morgan fingerprint density at radius 1 is 1.10 bits per heavy atom. The molecule has 2 aliphatic heterocycles. The highest BCUT2D eigenvalue weighted by Crippen LogP contribution is 2.40. The number of nitrogens with one attached hydrogen (secondary N) is 2. The van der Waals surface area contributed by atoms with Crippen LogP contribution in [0.2, 0.25) is 0 Å². The van der Waals surface area contributed by atoms with Crippen molar-refractivity contribution >= 4 is 41.4 Å². The molecule has 1 fully saturated rings. The summed E-state index contributed by atoms with van der Waals surface area (Å²) in [6.07, 6.45) is 0. The van der Waals surface area contributed by atoms with Crippen LogP contribution in [-0.4, -0.2) is 77.2 Å². The second-order valence-corrected chi connectivity index (χ2v) is 9.92. The van der Waals surface area contributed by atoms with Crippen molar-refractivity contribution in [3.63, 3.8) is 0 Å². The number of carboxylic acids is 1. The minimum Gasteiger partial charge on any atom is -0.497 e. The fourth-order valence-electron chi connectivity index (χ4n) is 4.21. The number of methoxy groups -OCH3 is 1. The summed E-state index contributed by atoms with van der Waals surface area (Å²) in [5.41, 5.74) is 0.500. The molecule has 0 aliphatic carbocycles. The lowest BCUT2D eigenvalue weighted by atomic mass is 10.0. The fraction of sp³-hybridized carbons (Fsp3) is 0.296. The average Bonchev–Trinajstić information content (AvgIpc) is 2.96. The second kappa shape index (κ2) is 12.6. The van der Waals surface area contributed by atoms with Gasteiger partial charge in [-0.05, 0) is 17.7 Å². The van der Waals surface area contributed by atoms with E-state index in [0.29, 0.717) is 17.1 Å². The number of nitrogens with zero attached hydrogens (tertiary/aromatic N) is 1. The summed E-state index contributed by atoms with van der Waals surface area (Å²) in [5.74, 6) is -2.61. The van der Waals surface area contributed by atoms with E-state index in [2.05, 4.69) is 10.6 Å². The molecule has 2 aromatic rings. The van der Waals surface area contributed by atoms with Crippen LogP contribution in [-0.2, 0) is 28.7 Å². The van der Waals surface area contributed by atoms with E-state index in [1.807, 2.05) is 0 Å². The third-order valence-corrected chi connectivity index (χ3v) is 7.45. The Bertz CT molecular complexity index is 1350. The first-order chi connectivity index (χ1) is 19.2. The van der Waals surface area contributed by atoms with Crippen molar-refractivity contribution in [1.29, 1.82) is 0 Å². The van der Waals surface area contributed by atoms with Gasteiger partial charge in [-0.3, -0.25) is 24.1 Å². The Morgan fingerprint density at radius 2 is 1.82 bits per heavy atom. The van der Waals surface area contributed by atoms with Crippen LogP contribution in [0.4, 0.5) is 0 Å². The molecule has 3 atom stereocenters. The molecule has 40 heavy (non-hydrogen) atoms. The second-order valence-electron chi connectivity index (χ2n) is 8.81. The molecule has 0 unspecified atom stereocenters. The van der Waals surface area contributed by atoms with Crippen LogP contribution in [0, 0.1) is 0 Å². The number of carbonyl (C=O) groups is 5. The third kappa shape index (κ3) is 6.37. The number of aliphatic carboxylic acids is 1. The molecular formula is C27H27N3O9S. The molecule has 0 bridgehead atoms. The summed E-state index contributed by atoms with van der Waals surface area (Å²) in [7, 11) is 1.51. The molecule has 210 valence electrons. The average molecular weight is 570 g/mol. The van der Waals surface area contributed by atoms with Gasteiger partial charge in [0.15, 0.2) is 6.61 Å². The number of rotatable bonds is 11. The molecule has 0 spiro atoms. The van der Waals surface area contributed by atoms with Crippen molar-refractivity contribution in [2.75, 3.05) is 26.1 Å². The maximum Gasteiger partial charge on any atom is 0.352 e. The molecule has 2 heterocycles. The van der Waals surface area contributed by atoms with Crippen molar-refractivity contribution in [3.8, 4) is 11.5 Å². The van der Waals surface area contributed by atoms with Gasteiger partial charge in [-0.1, -0.05) is 36.4 Å². The zero-order valence-corrected chi connectivity index (χ0v) is 22.4. The first-order valence-corrected chi connectivity index (χ1v) is 13.2. The van der Waals surface area contributed by atoms with Gasteiger partial charge in [-0.25, -0.2) is 4.79 Å². The topological polar surface area (TPSA) is 161 Å². The highest BCUT2D eigenvalue weighted by Gasteiger charge is 2.54. The maximum absolute atomic E-state index is 13.4. The summed E-state index contributed by atoms with van der Waals surface area (Å²) >= 11 is 1.24. The number of carboxylic acid groups (broad SMARTS) is 1. The largest absolute Gasteiger partial charge is 0.497 e. The van der Waals surface area contributed by atoms with Gasteiger partial charge in [0, 0.05) is 24.3 Å². The molecule has 4 rings (SSSR count). The highest BCUT2D eigenvalue weighted by atomic mass is 32.2. The van der Waals surface area contributed by atoms with Crippen molar-refractivity contribution in [2.45, 2.75) is 24.4 Å². The highest BCUT2D eigenvalue weighted by molar-refractivity contribution is 8.00. The minimum atomic E-state index is -1.34. The number of β-lactam (4-membered cyclic amide) rings is 1. The Hall–Kier alpha value is -4.52. The molecule has 3 N–H and O–H groups in total. The summed E-state index contributed by atoms with van der Waals surface area (Å²) in [6, 6.07) is 13.0. The quantitative estimate of drug-likeness (QED) is 0.265. The van der Waals surface area contributed by atoms with Crippen molar-refractivity contribution in [1.82, 2.24) is 15.5 Å². The van der Waals surface area contributed by atoms with Gasteiger partial charge >= 0.3 is 11.9 Å². The van der Waals surface area contributed by atoms with E-state index in [4.69, 9.17) is 14.2 Å². The van der Waals surface area contributed by atoms with Gasteiger partial charge in [-0.15, -0.1) is 11.8 Å². The predicted octanol–water partition coefficient (Wildman–Crippen LogP) is 1.23. The zero-order chi connectivity index (χ0) is 28.8. The van der Waals surface area contributed by atoms with Crippen molar-refractivity contribution in [3.05, 3.63) is 71.4 Å². The zero-order valence-electron chi connectivity index (χ0n) is 21.6. The number of fused-ring (bicyclic) bond motifs is 1. The first kappa shape index (κ1) is 28.5. The molecule has 12 nitrogen and oxygen atoms in total. The standard InChI is InChI=1S/C27H27N3O9S/c1-15(31)38-12-17-14-40-26-22(25(34)30(26)23(17)27(35)36)29-24(33)21(16-7-4-3-5-8-16)28-20(32)13-39-19-10-6-9-18(11-19)37-2/h3-11,21-22,26H,12-14H2,1-2H3,(H,28,32)(H,29,33)(H,35,36)/t21-,22+,26+/m0/s1. The Kier molecular flexibility index (Phi) is 8.94. The Balaban J connectivity index is 1.45. The number of esters is 1. The SMILES string of the molecule is COc1cccc(OCC(=O)N[C@H](C(=O)N[C@@H]2C(=O)N3C(C(=O)O)=C(COC(C)=O)CS[C@H]23)c2ccccc2)c1. The van der Waals surface area contributed by atoms with Gasteiger partial charge in [0.1, 0.15) is 41.3 Å². The van der Waals surface area contributed by atoms with Gasteiger partial charge in [0.05, 0.1) is 7.11 Å². The smallest absolute Gasteiger partial charge is 0.352 e. The molecule has 2 aromatic carbocycles. The summed E-state index contributed by atoms with van der Waals surface area (Å²) in [6.45, 7) is 0.570. The van der Waals surface area contributed by atoms with Crippen molar-refractivity contribution < 1.29 is 43.3 Å². The van der Waals surface area contributed by atoms with E-state index in [-0.39, 0.29) is 30.2 Å². The maximum atomic E-state index is 13.4. The van der Waals surface area contributed by atoms with E-state index in [1.54, 1.807) is 54.6 Å². The molecule has 0 saturated carbocycles. The number of thioether (sulfide) groups is 1. The Morgan fingerprint density at radius 3 is 2.50 bits per heavy atom. The minimum absolute atomic E-state index is 0.191. The number of carbonyl (C=O) groups excluding carboxylic acids is 4. The third-order valence-electron chi connectivity index (χ3n) is 6.11. The van der Waals surface area contributed by atoms with E-state index >= 15 is 0 Å². The first-order valence-electron chi connectivity index (χ1n) is 12.1. The van der Waals surface area contributed by atoms with E-state index in [1.165, 1.54) is 25.8 Å². The van der Waals surface area contributed by atoms with Gasteiger partial charge in [0.25, 0.3) is 11.8 Å². The summed E-state index contributed by atoms with van der Waals surface area (Å²) < 4.78 is 15.6. The van der Waals surface area contributed by atoms with Gasteiger partial charge in [0.2, 0.25) is 5.91 Å². The molecule has 2 aliphatic rings. The molecule has 0 aromatic heterocycles. The molecule has 3 amide bonds. The molecule has 0 radical (unpaired) electrons. The van der Waals surface area contributed by atoms with Crippen LogP contribution in [0.3, 0.4) is 0 Å². The lowest BCUT2D eigenvalue weighted by Crippen LogP contribution is -2.71. The fourth-order valence-corrected chi connectivity index (χ4v) is 5.54. The van der Waals surface area contributed by atoms with Gasteiger partial charge < -0.3 is 30.0 Å². The summed E-state index contributed by atoms with van der Waals surface area (Å²) in [5, 5.41) is 14.4. The monoisotopic (exact) mass is 569 g/mol. The van der Waals surface area contributed by atoms with E-state index in [9.17, 15) is 29.1 Å².